The minimum absolute atomic E-state index is 0.344. The topological polar surface area (TPSA) is 94.1 Å². The molecule has 10 heteroatoms. The molecule has 170 valence electrons. The van der Waals surface area contributed by atoms with Crippen molar-refractivity contribution < 1.29 is 18.3 Å². The summed E-state index contributed by atoms with van der Waals surface area (Å²) in [7, 11) is -3.26. The van der Waals surface area contributed by atoms with Gasteiger partial charge in [-0.05, 0) is 39.8 Å². The van der Waals surface area contributed by atoms with Crippen molar-refractivity contribution in [1.29, 1.82) is 0 Å². The quantitative estimate of drug-likeness (QED) is 0.733. The van der Waals surface area contributed by atoms with Crippen LogP contribution in [-0.4, -0.2) is 71.8 Å². The molecular formula is C21H29ClN4O4S. The van der Waals surface area contributed by atoms with Crippen molar-refractivity contribution >= 4 is 44.4 Å². The van der Waals surface area contributed by atoms with E-state index in [-0.39, 0.29) is 0 Å². The summed E-state index contributed by atoms with van der Waals surface area (Å²) in [5.74, 6) is 0.636. The summed E-state index contributed by atoms with van der Waals surface area (Å²) in [5, 5.41) is 11.3. The highest BCUT2D eigenvalue weighted by Gasteiger charge is 2.35. The molecular weight excluding hydrogens is 440 g/mol. The molecule has 1 saturated heterocycles. The second-order valence-corrected chi connectivity index (χ2v) is 11.3. The lowest BCUT2D eigenvalue weighted by molar-refractivity contribution is 0.0753. The van der Waals surface area contributed by atoms with E-state index in [1.54, 1.807) is 6.07 Å². The number of carbonyl (C=O) groups is 1. The molecule has 0 saturated carbocycles. The van der Waals surface area contributed by atoms with Gasteiger partial charge in [0.1, 0.15) is 5.82 Å². The van der Waals surface area contributed by atoms with Gasteiger partial charge >= 0.3 is 6.09 Å². The summed E-state index contributed by atoms with van der Waals surface area (Å²) < 4.78 is 25.2. The Kier molecular flexibility index (Phi) is 6.42. The van der Waals surface area contributed by atoms with Gasteiger partial charge < -0.3 is 10.0 Å². The fraction of sp³-hybridized carbons (Fsp3) is 0.524. The number of sulfonamides is 1. The first-order chi connectivity index (χ1) is 14.3. The number of halogens is 1. The van der Waals surface area contributed by atoms with E-state index in [9.17, 15) is 18.3 Å². The summed E-state index contributed by atoms with van der Waals surface area (Å²) in [6, 6.07) is 6.97. The number of pyridine rings is 1. The highest BCUT2D eigenvalue weighted by atomic mass is 35.5. The molecule has 0 radical (unpaired) electrons. The Hall–Kier alpha value is -2.10. The van der Waals surface area contributed by atoms with E-state index < -0.39 is 27.7 Å². The molecule has 1 aromatic carbocycles. The summed E-state index contributed by atoms with van der Waals surface area (Å²) in [5.41, 5.74) is 0.777. The Labute approximate surface area is 188 Å². The molecule has 1 aliphatic rings. The first-order valence-corrected chi connectivity index (χ1v) is 12.3. The van der Waals surface area contributed by atoms with Crippen molar-refractivity contribution in [3.63, 3.8) is 0 Å². The maximum atomic E-state index is 12.1. The van der Waals surface area contributed by atoms with Gasteiger partial charge in [0, 0.05) is 42.7 Å². The minimum Gasteiger partial charge on any atom is -0.465 e. The average molecular weight is 469 g/mol. The largest absolute Gasteiger partial charge is 0.465 e. The summed E-state index contributed by atoms with van der Waals surface area (Å²) in [6.45, 7) is 9.02. The molecule has 0 spiro atoms. The predicted molar refractivity (Wildman–Crippen MR) is 123 cm³/mol. The van der Waals surface area contributed by atoms with E-state index in [1.165, 1.54) is 15.5 Å². The number of piperazine rings is 1. The second kappa shape index (κ2) is 8.44. The van der Waals surface area contributed by atoms with Crippen LogP contribution in [0, 0.1) is 0 Å². The maximum Gasteiger partial charge on any atom is 0.408 e. The van der Waals surface area contributed by atoms with Crippen molar-refractivity contribution in [2.45, 2.75) is 39.3 Å². The predicted octanol–water partition coefficient (Wildman–Crippen LogP) is 3.81. The van der Waals surface area contributed by atoms with Crippen LogP contribution < -0.4 is 4.90 Å². The van der Waals surface area contributed by atoms with Crippen LogP contribution in [0.4, 0.5) is 10.6 Å². The molecule has 0 bridgehead atoms. The Morgan fingerprint density at radius 2 is 1.84 bits per heavy atom. The number of carboxylic acid groups (broad SMARTS) is 1. The summed E-state index contributed by atoms with van der Waals surface area (Å²) >= 11 is 6.40. The van der Waals surface area contributed by atoms with Gasteiger partial charge in [-0.1, -0.05) is 23.7 Å². The van der Waals surface area contributed by atoms with E-state index in [0.29, 0.717) is 42.5 Å². The Bertz CT molecular complexity index is 1090. The minimum atomic E-state index is -3.26. The molecule has 1 unspecified atom stereocenters. The second-order valence-electron chi connectivity index (χ2n) is 8.86. The lowest BCUT2D eigenvalue weighted by atomic mass is 9.98. The standard InChI is InChI=1S/C21H29ClN4O4S/c1-14(26(20(27)28)21(2,3)4)16-13-15-7-6-8-17(22)18(15)23-19(16)24-9-11-25(12-10-24)31(5,29)30/h6-8,13-14H,9-12H2,1-5H3,(H,27,28). The molecule has 2 aromatic rings. The van der Waals surface area contributed by atoms with Crippen LogP contribution in [0.1, 0.15) is 39.3 Å². The van der Waals surface area contributed by atoms with E-state index >= 15 is 0 Å². The van der Waals surface area contributed by atoms with E-state index in [1.807, 2.05) is 50.8 Å². The molecule has 1 aromatic heterocycles. The lowest BCUT2D eigenvalue weighted by Crippen LogP contribution is -2.50. The van der Waals surface area contributed by atoms with E-state index in [4.69, 9.17) is 16.6 Å². The van der Waals surface area contributed by atoms with Crippen LogP contribution in [-0.2, 0) is 10.0 Å². The number of fused-ring (bicyclic) bond motifs is 1. The van der Waals surface area contributed by atoms with Gasteiger partial charge in [-0.15, -0.1) is 0 Å². The molecule has 1 atom stereocenters. The number of rotatable bonds is 4. The van der Waals surface area contributed by atoms with Crippen LogP contribution in [0.2, 0.25) is 5.02 Å². The van der Waals surface area contributed by atoms with Crippen LogP contribution in [0.5, 0.6) is 0 Å². The number of hydrogen-bond acceptors (Lipinski definition) is 5. The molecule has 0 aliphatic carbocycles. The molecule has 1 N–H and O–H groups in total. The van der Waals surface area contributed by atoms with Crippen LogP contribution in [0.3, 0.4) is 0 Å². The van der Waals surface area contributed by atoms with Gasteiger partial charge in [0.25, 0.3) is 0 Å². The number of aromatic nitrogens is 1. The van der Waals surface area contributed by atoms with Crippen LogP contribution >= 0.6 is 11.6 Å². The Balaban J connectivity index is 2.11. The molecule has 1 fully saturated rings. The fourth-order valence-corrected chi connectivity index (χ4v) is 5.18. The number of benzene rings is 1. The molecule has 1 aliphatic heterocycles. The number of amides is 1. The molecule has 2 heterocycles. The zero-order chi connectivity index (χ0) is 23.1. The highest BCUT2D eigenvalue weighted by Crippen LogP contribution is 2.37. The van der Waals surface area contributed by atoms with Crippen LogP contribution in [0.15, 0.2) is 24.3 Å². The number of hydrogen-bond donors (Lipinski definition) is 1. The van der Waals surface area contributed by atoms with Crippen LogP contribution in [0.25, 0.3) is 10.9 Å². The summed E-state index contributed by atoms with van der Waals surface area (Å²) in [4.78, 5) is 20.4. The SMILES string of the molecule is CC(c1cc2cccc(Cl)c2nc1N1CCN(S(C)(=O)=O)CC1)N(C(=O)O)C(C)(C)C. The molecule has 1 amide bonds. The van der Waals surface area contributed by atoms with Crippen molar-refractivity contribution in [3.8, 4) is 0 Å². The Morgan fingerprint density at radius 3 is 2.35 bits per heavy atom. The van der Waals surface area contributed by atoms with Crippen molar-refractivity contribution in [2.24, 2.45) is 0 Å². The summed E-state index contributed by atoms with van der Waals surface area (Å²) in [6.07, 6.45) is 0.192. The van der Waals surface area contributed by atoms with Crippen molar-refractivity contribution in [3.05, 3.63) is 34.9 Å². The molecule has 31 heavy (non-hydrogen) atoms. The van der Waals surface area contributed by atoms with E-state index in [0.717, 1.165) is 10.9 Å². The smallest absolute Gasteiger partial charge is 0.408 e. The third-order valence-electron chi connectivity index (χ3n) is 5.58. The third-order valence-corrected chi connectivity index (χ3v) is 7.19. The van der Waals surface area contributed by atoms with E-state index in [2.05, 4.69) is 0 Å². The van der Waals surface area contributed by atoms with Gasteiger partial charge in [-0.3, -0.25) is 4.90 Å². The zero-order valence-electron chi connectivity index (χ0n) is 18.5. The van der Waals surface area contributed by atoms with Gasteiger partial charge in [-0.25, -0.2) is 18.2 Å². The first-order valence-electron chi connectivity index (χ1n) is 10.1. The monoisotopic (exact) mass is 468 g/mol. The van der Waals surface area contributed by atoms with Crippen molar-refractivity contribution in [1.82, 2.24) is 14.2 Å². The maximum absolute atomic E-state index is 12.1. The normalized spacial score (nSPS) is 17.0. The molecule has 8 nitrogen and oxygen atoms in total. The fourth-order valence-electron chi connectivity index (χ4n) is 4.13. The number of anilines is 1. The van der Waals surface area contributed by atoms with Gasteiger partial charge in [0.15, 0.2) is 0 Å². The van der Waals surface area contributed by atoms with Gasteiger partial charge in [0.2, 0.25) is 10.0 Å². The number of para-hydroxylation sites is 1. The number of nitrogens with zero attached hydrogens (tertiary/aromatic N) is 4. The third kappa shape index (κ3) is 4.88. The molecule has 3 rings (SSSR count). The van der Waals surface area contributed by atoms with Gasteiger partial charge in [-0.2, -0.15) is 4.31 Å². The van der Waals surface area contributed by atoms with Gasteiger partial charge in [0.05, 0.1) is 22.8 Å². The van der Waals surface area contributed by atoms with Crippen molar-refractivity contribution in [2.75, 3.05) is 37.3 Å². The highest BCUT2D eigenvalue weighted by molar-refractivity contribution is 7.88. The Morgan fingerprint density at radius 1 is 1.23 bits per heavy atom. The zero-order valence-corrected chi connectivity index (χ0v) is 20.0. The average Bonchev–Trinajstić information content (AvgIpc) is 2.65. The first kappa shape index (κ1) is 23.6. The lowest BCUT2D eigenvalue weighted by Gasteiger charge is -2.40.